The Morgan fingerprint density at radius 2 is 1.62 bits per heavy atom. The van der Waals surface area contributed by atoms with Gasteiger partial charge in [0.2, 0.25) is 17.7 Å². The Labute approximate surface area is 186 Å². The number of aliphatic carboxylic acids is 1. The molecule has 174 valence electrons. The van der Waals surface area contributed by atoms with Gasteiger partial charge in [0.05, 0.1) is 6.04 Å². The summed E-state index contributed by atoms with van der Waals surface area (Å²) >= 11 is 0. The monoisotopic (exact) mass is 445 g/mol. The fourth-order valence-electron chi connectivity index (χ4n) is 3.19. The van der Waals surface area contributed by atoms with Crippen LogP contribution in [-0.2, 0) is 25.6 Å². The number of carboxylic acid groups (broad SMARTS) is 1. The second-order valence-corrected chi connectivity index (χ2v) is 8.21. The predicted molar refractivity (Wildman–Crippen MR) is 120 cm³/mol. The van der Waals surface area contributed by atoms with E-state index in [1.54, 1.807) is 20.0 Å². The van der Waals surface area contributed by atoms with Gasteiger partial charge < -0.3 is 31.8 Å². The summed E-state index contributed by atoms with van der Waals surface area (Å²) in [7, 11) is 0. The molecule has 0 bridgehead atoms. The van der Waals surface area contributed by atoms with Gasteiger partial charge in [0.1, 0.15) is 18.1 Å². The Hall–Kier alpha value is -3.40. The average Bonchev–Trinajstić information content (AvgIpc) is 3.13. The highest BCUT2D eigenvalue weighted by Crippen LogP contribution is 2.19. The van der Waals surface area contributed by atoms with E-state index in [0.29, 0.717) is 0 Å². The lowest BCUT2D eigenvalue weighted by Gasteiger charge is -2.26. The van der Waals surface area contributed by atoms with Crippen molar-refractivity contribution in [3.63, 3.8) is 0 Å². The van der Waals surface area contributed by atoms with E-state index in [0.717, 1.165) is 16.5 Å². The zero-order valence-corrected chi connectivity index (χ0v) is 18.6. The highest BCUT2D eigenvalue weighted by molar-refractivity contribution is 5.94. The van der Waals surface area contributed by atoms with Gasteiger partial charge >= 0.3 is 5.97 Å². The van der Waals surface area contributed by atoms with Crippen LogP contribution in [-0.4, -0.2) is 57.9 Å². The first kappa shape index (κ1) is 24.9. The molecule has 32 heavy (non-hydrogen) atoms. The number of fused-ring (bicyclic) bond motifs is 1. The van der Waals surface area contributed by atoms with Crippen molar-refractivity contribution < 1.29 is 24.3 Å². The Morgan fingerprint density at radius 1 is 0.969 bits per heavy atom. The van der Waals surface area contributed by atoms with E-state index in [1.165, 1.54) is 13.8 Å². The number of benzene rings is 1. The molecule has 0 saturated carbocycles. The number of carbonyl (C=O) groups excluding carboxylic acids is 3. The SMILES string of the molecule is CC(N)C(=O)NC(Cc1c[nH]c2ccccc12)C(=O)NC(C(=O)NC(C)C(=O)O)C(C)C. The first-order valence-electron chi connectivity index (χ1n) is 10.5. The minimum atomic E-state index is -1.19. The number of rotatable bonds is 10. The molecular weight excluding hydrogens is 414 g/mol. The first-order valence-corrected chi connectivity index (χ1v) is 10.5. The van der Waals surface area contributed by atoms with Gasteiger partial charge in [0.15, 0.2) is 0 Å². The third-order valence-corrected chi connectivity index (χ3v) is 5.12. The van der Waals surface area contributed by atoms with Crippen molar-refractivity contribution in [3.05, 3.63) is 36.0 Å². The van der Waals surface area contributed by atoms with Crippen molar-refractivity contribution in [2.24, 2.45) is 11.7 Å². The molecule has 4 unspecified atom stereocenters. The van der Waals surface area contributed by atoms with Crippen molar-refractivity contribution in [1.82, 2.24) is 20.9 Å². The number of amides is 3. The van der Waals surface area contributed by atoms with Crippen LogP contribution >= 0.6 is 0 Å². The highest BCUT2D eigenvalue weighted by Gasteiger charge is 2.31. The third-order valence-electron chi connectivity index (χ3n) is 5.12. The van der Waals surface area contributed by atoms with Crippen LogP contribution in [0.2, 0.25) is 0 Å². The molecule has 4 atom stereocenters. The zero-order chi connectivity index (χ0) is 24.0. The lowest BCUT2D eigenvalue weighted by Crippen LogP contribution is -2.58. The van der Waals surface area contributed by atoms with E-state index in [2.05, 4.69) is 20.9 Å². The third kappa shape index (κ3) is 6.30. The summed E-state index contributed by atoms with van der Waals surface area (Å²) in [4.78, 5) is 52.2. The minimum absolute atomic E-state index is 0.173. The number of carboxylic acids is 1. The lowest BCUT2D eigenvalue weighted by atomic mass is 10.00. The van der Waals surface area contributed by atoms with Crippen molar-refractivity contribution in [2.75, 3.05) is 0 Å². The molecule has 1 aromatic carbocycles. The molecule has 0 aliphatic heterocycles. The number of hydrogen-bond acceptors (Lipinski definition) is 5. The first-order chi connectivity index (χ1) is 15.0. The van der Waals surface area contributed by atoms with Crippen molar-refractivity contribution in [2.45, 2.75) is 58.3 Å². The molecule has 0 spiro atoms. The van der Waals surface area contributed by atoms with Gasteiger partial charge in [-0.15, -0.1) is 0 Å². The van der Waals surface area contributed by atoms with Crippen LogP contribution in [0.5, 0.6) is 0 Å². The van der Waals surface area contributed by atoms with Gasteiger partial charge in [-0.1, -0.05) is 32.0 Å². The summed E-state index contributed by atoms with van der Waals surface area (Å²) < 4.78 is 0. The van der Waals surface area contributed by atoms with Gasteiger partial charge in [-0.3, -0.25) is 19.2 Å². The molecule has 1 aromatic heterocycles. The van der Waals surface area contributed by atoms with Gasteiger partial charge in [-0.05, 0) is 31.4 Å². The predicted octanol–water partition coefficient (Wildman–Crippen LogP) is 0.273. The summed E-state index contributed by atoms with van der Waals surface area (Å²) in [5.74, 6) is -3.20. The Bertz CT molecular complexity index is 984. The van der Waals surface area contributed by atoms with Gasteiger partial charge in [-0.25, -0.2) is 0 Å². The summed E-state index contributed by atoms with van der Waals surface area (Å²) in [6.45, 7) is 6.30. The maximum absolute atomic E-state index is 13.1. The molecule has 0 radical (unpaired) electrons. The minimum Gasteiger partial charge on any atom is -0.480 e. The number of carbonyl (C=O) groups is 4. The number of H-pyrrole nitrogens is 1. The Morgan fingerprint density at radius 3 is 2.22 bits per heavy atom. The molecule has 1 heterocycles. The van der Waals surface area contributed by atoms with Crippen LogP contribution in [0, 0.1) is 5.92 Å². The van der Waals surface area contributed by atoms with Crippen LogP contribution in [0.25, 0.3) is 10.9 Å². The second kappa shape index (κ2) is 10.8. The van der Waals surface area contributed by atoms with Crippen LogP contribution in [0.4, 0.5) is 0 Å². The lowest BCUT2D eigenvalue weighted by molar-refractivity contribution is -0.142. The van der Waals surface area contributed by atoms with E-state index < -0.39 is 47.9 Å². The van der Waals surface area contributed by atoms with Gasteiger partial charge in [0.25, 0.3) is 0 Å². The van der Waals surface area contributed by atoms with Gasteiger partial charge in [0, 0.05) is 23.5 Å². The molecule has 0 fully saturated rings. The number of aromatic nitrogens is 1. The van der Waals surface area contributed by atoms with E-state index >= 15 is 0 Å². The maximum atomic E-state index is 13.1. The molecule has 2 rings (SSSR count). The largest absolute Gasteiger partial charge is 0.480 e. The molecule has 3 amide bonds. The standard InChI is InChI=1S/C22H31N5O5/c1-11(2)18(21(30)25-13(4)22(31)32)27-20(29)17(26-19(28)12(3)23)9-14-10-24-16-8-6-5-7-15(14)16/h5-8,10-13,17-18,24H,9,23H2,1-4H3,(H,25,30)(H,26,28)(H,27,29)(H,31,32). The van der Waals surface area contributed by atoms with E-state index in [9.17, 15) is 19.2 Å². The molecule has 0 aliphatic carbocycles. The molecule has 7 N–H and O–H groups in total. The van der Waals surface area contributed by atoms with Crippen LogP contribution < -0.4 is 21.7 Å². The Kier molecular flexibility index (Phi) is 8.36. The normalized spacial score (nSPS) is 14.9. The summed E-state index contributed by atoms with van der Waals surface area (Å²) in [6.07, 6.45) is 1.94. The zero-order valence-electron chi connectivity index (χ0n) is 18.6. The summed E-state index contributed by atoms with van der Waals surface area (Å²) in [6, 6.07) is 3.65. The summed E-state index contributed by atoms with van der Waals surface area (Å²) in [5, 5.41) is 17.6. The quantitative estimate of drug-likeness (QED) is 0.307. The summed E-state index contributed by atoms with van der Waals surface area (Å²) in [5.41, 5.74) is 7.37. The van der Waals surface area contributed by atoms with Crippen LogP contribution in [0.3, 0.4) is 0 Å². The van der Waals surface area contributed by atoms with Crippen molar-refractivity contribution in [1.29, 1.82) is 0 Å². The van der Waals surface area contributed by atoms with Crippen molar-refractivity contribution >= 4 is 34.6 Å². The smallest absolute Gasteiger partial charge is 0.325 e. The molecule has 2 aromatic rings. The number of aromatic amines is 1. The highest BCUT2D eigenvalue weighted by atomic mass is 16.4. The molecule has 0 aliphatic rings. The van der Waals surface area contributed by atoms with E-state index in [-0.39, 0.29) is 12.3 Å². The fourth-order valence-corrected chi connectivity index (χ4v) is 3.19. The van der Waals surface area contributed by atoms with Crippen LogP contribution in [0.15, 0.2) is 30.5 Å². The van der Waals surface area contributed by atoms with E-state index in [1.807, 2.05) is 24.3 Å². The maximum Gasteiger partial charge on any atom is 0.325 e. The molecular formula is C22H31N5O5. The topological polar surface area (TPSA) is 166 Å². The number of hydrogen-bond donors (Lipinski definition) is 6. The molecule has 10 nitrogen and oxygen atoms in total. The molecule has 0 saturated heterocycles. The number of nitrogens with one attached hydrogen (secondary N) is 4. The number of nitrogens with two attached hydrogens (primary N) is 1. The van der Waals surface area contributed by atoms with Crippen LogP contribution in [0.1, 0.15) is 33.3 Å². The Balaban J connectivity index is 2.24. The van der Waals surface area contributed by atoms with E-state index in [4.69, 9.17) is 10.8 Å². The second-order valence-electron chi connectivity index (χ2n) is 8.21. The average molecular weight is 446 g/mol. The fraction of sp³-hybridized carbons (Fsp3) is 0.455. The van der Waals surface area contributed by atoms with Gasteiger partial charge in [-0.2, -0.15) is 0 Å². The van der Waals surface area contributed by atoms with Crippen molar-refractivity contribution in [3.8, 4) is 0 Å². The number of para-hydroxylation sites is 1. The molecule has 10 heteroatoms.